The van der Waals surface area contributed by atoms with Crippen molar-refractivity contribution in [2.45, 2.75) is 70.9 Å². The van der Waals surface area contributed by atoms with Crippen molar-refractivity contribution >= 4 is 0 Å². The summed E-state index contributed by atoms with van der Waals surface area (Å²) in [6, 6.07) is 6.49. The van der Waals surface area contributed by atoms with E-state index in [2.05, 4.69) is 39.0 Å². The number of benzene rings is 1. The van der Waals surface area contributed by atoms with Gasteiger partial charge in [0, 0.05) is 12.1 Å². The number of rotatable bonds is 3. The Hall–Kier alpha value is -1.02. The molecule has 1 aromatic carbocycles. The van der Waals surface area contributed by atoms with E-state index in [1.807, 2.05) is 0 Å². The van der Waals surface area contributed by atoms with E-state index >= 15 is 0 Å². The molecule has 0 bridgehead atoms. The number of hydrogen-bond acceptors (Lipinski definition) is 2. The molecule has 1 saturated carbocycles. The maximum atomic E-state index is 6.23. The molecule has 0 saturated heterocycles. The second kappa shape index (κ2) is 5.96. The van der Waals surface area contributed by atoms with Crippen molar-refractivity contribution in [1.29, 1.82) is 0 Å². The summed E-state index contributed by atoms with van der Waals surface area (Å²) in [4.78, 5) is 0. The molecule has 1 aliphatic carbocycles. The van der Waals surface area contributed by atoms with E-state index in [0.29, 0.717) is 12.6 Å². The summed E-state index contributed by atoms with van der Waals surface area (Å²) in [7, 11) is 0. The highest BCUT2D eigenvalue weighted by atomic mass is 16.5. The maximum Gasteiger partial charge on any atom is 0.124 e. The van der Waals surface area contributed by atoms with E-state index < -0.39 is 0 Å². The Bertz CT molecular complexity index is 414. The van der Waals surface area contributed by atoms with Crippen LogP contribution in [0, 0.1) is 0 Å². The Labute approximate surface area is 117 Å². The first-order valence-corrected chi connectivity index (χ1v) is 7.51. The van der Waals surface area contributed by atoms with Gasteiger partial charge in [-0.25, -0.2) is 0 Å². The molecule has 0 amide bonds. The first-order chi connectivity index (χ1) is 9.00. The van der Waals surface area contributed by atoms with Crippen molar-refractivity contribution in [3.63, 3.8) is 0 Å². The molecule has 2 heteroatoms. The van der Waals surface area contributed by atoms with E-state index in [1.165, 1.54) is 37.7 Å². The highest BCUT2D eigenvalue weighted by molar-refractivity contribution is 5.40. The number of ether oxygens (including phenoxy) is 1. The van der Waals surface area contributed by atoms with Gasteiger partial charge in [0.25, 0.3) is 0 Å². The van der Waals surface area contributed by atoms with Gasteiger partial charge in [0.1, 0.15) is 5.75 Å². The minimum Gasteiger partial charge on any atom is -0.490 e. The van der Waals surface area contributed by atoms with Gasteiger partial charge >= 0.3 is 0 Å². The molecule has 0 aromatic heterocycles. The molecule has 0 aliphatic heterocycles. The maximum absolute atomic E-state index is 6.23. The summed E-state index contributed by atoms with van der Waals surface area (Å²) in [6.45, 7) is 7.24. The number of nitrogens with two attached hydrogens (primary N) is 1. The van der Waals surface area contributed by atoms with Gasteiger partial charge < -0.3 is 10.5 Å². The molecule has 1 aromatic rings. The monoisotopic (exact) mass is 261 g/mol. The predicted molar refractivity (Wildman–Crippen MR) is 80.5 cm³/mol. The summed E-state index contributed by atoms with van der Waals surface area (Å²) in [5.74, 6) is 1.00. The van der Waals surface area contributed by atoms with Crippen LogP contribution in [0.2, 0.25) is 0 Å². The Balaban J connectivity index is 2.20. The van der Waals surface area contributed by atoms with Crippen LogP contribution in [0.4, 0.5) is 0 Å². The van der Waals surface area contributed by atoms with Gasteiger partial charge in [-0.3, -0.25) is 0 Å². The second-order valence-corrected chi connectivity index (χ2v) is 6.65. The van der Waals surface area contributed by atoms with Crippen LogP contribution in [0.3, 0.4) is 0 Å². The van der Waals surface area contributed by atoms with Gasteiger partial charge in [0.15, 0.2) is 0 Å². The Morgan fingerprint density at radius 3 is 2.42 bits per heavy atom. The van der Waals surface area contributed by atoms with Gasteiger partial charge in [0.2, 0.25) is 0 Å². The highest BCUT2D eigenvalue weighted by Crippen LogP contribution is 2.31. The topological polar surface area (TPSA) is 35.2 Å². The van der Waals surface area contributed by atoms with E-state index in [9.17, 15) is 0 Å². The largest absolute Gasteiger partial charge is 0.490 e. The molecule has 0 unspecified atom stereocenters. The first-order valence-electron chi connectivity index (χ1n) is 7.51. The van der Waals surface area contributed by atoms with E-state index in [1.54, 1.807) is 0 Å². The summed E-state index contributed by atoms with van der Waals surface area (Å²) in [6.07, 6.45) is 6.69. The minimum absolute atomic E-state index is 0.151. The molecule has 19 heavy (non-hydrogen) atoms. The molecule has 1 fully saturated rings. The van der Waals surface area contributed by atoms with Crippen LogP contribution in [0.5, 0.6) is 5.75 Å². The third-order valence-corrected chi connectivity index (χ3v) is 4.00. The standard InChI is InChI=1S/C17H27NO/c1-17(2,3)14-10-9-13(12-18)16(11-14)19-15-7-5-4-6-8-15/h9-11,15H,4-8,12,18H2,1-3H3. The van der Waals surface area contributed by atoms with Crippen molar-refractivity contribution in [2.24, 2.45) is 5.73 Å². The third kappa shape index (κ3) is 3.73. The average Bonchev–Trinajstić information content (AvgIpc) is 2.39. The van der Waals surface area contributed by atoms with Crippen LogP contribution in [-0.4, -0.2) is 6.10 Å². The molecule has 0 spiro atoms. The molecule has 2 N–H and O–H groups in total. The van der Waals surface area contributed by atoms with Gasteiger partial charge in [-0.1, -0.05) is 39.3 Å². The molecule has 1 aliphatic rings. The number of hydrogen-bond donors (Lipinski definition) is 1. The van der Waals surface area contributed by atoms with Gasteiger partial charge in [-0.2, -0.15) is 0 Å². The highest BCUT2D eigenvalue weighted by Gasteiger charge is 2.19. The lowest BCUT2D eigenvalue weighted by atomic mass is 9.86. The van der Waals surface area contributed by atoms with E-state index in [0.717, 1.165) is 11.3 Å². The summed E-state index contributed by atoms with van der Waals surface area (Å²) < 4.78 is 6.23. The molecule has 0 heterocycles. The fraction of sp³-hybridized carbons (Fsp3) is 0.647. The van der Waals surface area contributed by atoms with Crippen LogP contribution >= 0.6 is 0 Å². The quantitative estimate of drug-likeness (QED) is 0.887. The van der Waals surface area contributed by atoms with Crippen molar-refractivity contribution in [3.05, 3.63) is 29.3 Å². The lowest BCUT2D eigenvalue weighted by Crippen LogP contribution is -2.21. The Morgan fingerprint density at radius 2 is 1.84 bits per heavy atom. The van der Waals surface area contributed by atoms with Gasteiger partial charge in [0.05, 0.1) is 6.10 Å². The molecule has 0 radical (unpaired) electrons. The van der Waals surface area contributed by atoms with Gasteiger partial charge in [-0.05, 0) is 42.7 Å². The summed E-state index contributed by atoms with van der Waals surface area (Å²) >= 11 is 0. The van der Waals surface area contributed by atoms with Crippen LogP contribution in [0.25, 0.3) is 0 Å². The lowest BCUT2D eigenvalue weighted by molar-refractivity contribution is 0.153. The molecule has 2 nitrogen and oxygen atoms in total. The van der Waals surface area contributed by atoms with Crippen molar-refractivity contribution in [3.8, 4) is 5.75 Å². The molecule has 2 rings (SSSR count). The normalized spacial score (nSPS) is 17.5. The van der Waals surface area contributed by atoms with Crippen LogP contribution in [0.1, 0.15) is 64.0 Å². The van der Waals surface area contributed by atoms with Crippen LogP contribution < -0.4 is 10.5 Å². The SMILES string of the molecule is CC(C)(C)c1ccc(CN)c(OC2CCCCC2)c1. The third-order valence-electron chi connectivity index (χ3n) is 4.00. The van der Waals surface area contributed by atoms with Gasteiger partial charge in [-0.15, -0.1) is 0 Å². The zero-order valence-corrected chi connectivity index (χ0v) is 12.5. The summed E-state index contributed by atoms with van der Waals surface area (Å²) in [5, 5.41) is 0. The van der Waals surface area contributed by atoms with Crippen LogP contribution in [0.15, 0.2) is 18.2 Å². The predicted octanol–water partition coefficient (Wildman–Crippen LogP) is 4.15. The summed E-state index contributed by atoms with van der Waals surface area (Å²) in [5.41, 5.74) is 8.42. The lowest BCUT2D eigenvalue weighted by Gasteiger charge is -2.26. The second-order valence-electron chi connectivity index (χ2n) is 6.65. The zero-order valence-electron chi connectivity index (χ0n) is 12.5. The Morgan fingerprint density at radius 1 is 1.16 bits per heavy atom. The van der Waals surface area contributed by atoms with Crippen molar-refractivity contribution in [1.82, 2.24) is 0 Å². The van der Waals surface area contributed by atoms with Crippen molar-refractivity contribution < 1.29 is 4.74 Å². The molecular formula is C17H27NO. The zero-order chi connectivity index (χ0) is 13.9. The minimum atomic E-state index is 0.151. The van der Waals surface area contributed by atoms with E-state index in [-0.39, 0.29) is 5.41 Å². The van der Waals surface area contributed by atoms with Crippen molar-refractivity contribution in [2.75, 3.05) is 0 Å². The molecule has 106 valence electrons. The molecule has 0 atom stereocenters. The Kier molecular flexibility index (Phi) is 4.51. The fourth-order valence-corrected chi connectivity index (χ4v) is 2.66. The smallest absolute Gasteiger partial charge is 0.124 e. The first kappa shape index (κ1) is 14.4. The fourth-order valence-electron chi connectivity index (χ4n) is 2.66. The van der Waals surface area contributed by atoms with E-state index in [4.69, 9.17) is 10.5 Å². The van der Waals surface area contributed by atoms with Crippen LogP contribution in [-0.2, 0) is 12.0 Å². The average molecular weight is 261 g/mol. The molecular weight excluding hydrogens is 234 g/mol.